The van der Waals surface area contributed by atoms with Gasteiger partial charge in [0.25, 0.3) is 0 Å². The maximum Gasteiger partial charge on any atom is 0.224 e. The number of hydrogen-bond acceptors (Lipinski definition) is 3. The first-order valence-corrected chi connectivity index (χ1v) is 8.46. The fraction of sp³-hybridized carbons (Fsp3) is 0.611. The first-order valence-electron chi connectivity index (χ1n) is 8.46. The lowest BCUT2D eigenvalue weighted by molar-refractivity contribution is -0.120. The van der Waals surface area contributed by atoms with Crippen molar-refractivity contribution < 1.29 is 4.79 Å². The van der Waals surface area contributed by atoms with Gasteiger partial charge >= 0.3 is 0 Å². The minimum Gasteiger partial charge on any atom is -0.399 e. The maximum atomic E-state index is 11.9. The summed E-state index contributed by atoms with van der Waals surface area (Å²) in [5.74, 6) is 0.0880. The fourth-order valence-electron chi connectivity index (χ4n) is 3.14. The van der Waals surface area contributed by atoms with Crippen molar-refractivity contribution in [2.45, 2.75) is 51.0 Å². The van der Waals surface area contributed by atoms with Crippen LogP contribution in [0.25, 0.3) is 0 Å². The summed E-state index contributed by atoms with van der Waals surface area (Å²) in [6.45, 7) is 1.82. The summed E-state index contributed by atoms with van der Waals surface area (Å²) in [5.41, 5.74) is 7.38. The van der Waals surface area contributed by atoms with Gasteiger partial charge in [0, 0.05) is 18.3 Å². The van der Waals surface area contributed by atoms with E-state index in [1.54, 1.807) is 0 Å². The molecule has 1 saturated carbocycles. The Morgan fingerprint density at radius 3 is 2.42 bits per heavy atom. The Kier molecular flexibility index (Phi) is 11.9. The van der Waals surface area contributed by atoms with Crippen LogP contribution in [-0.4, -0.2) is 37.0 Å². The van der Waals surface area contributed by atoms with Crippen molar-refractivity contribution >= 4 is 36.4 Å². The van der Waals surface area contributed by atoms with E-state index in [4.69, 9.17) is 5.73 Å². The molecule has 4 nitrogen and oxygen atoms in total. The monoisotopic (exact) mass is 375 g/mol. The van der Waals surface area contributed by atoms with Crippen molar-refractivity contribution in [1.29, 1.82) is 0 Å². The minimum atomic E-state index is 0. The molecule has 1 amide bonds. The Morgan fingerprint density at radius 2 is 1.79 bits per heavy atom. The van der Waals surface area contributed by atoms with Crippen LogP contribution in [0.2, 0.25) is 0 Å². The van der Waals surface area contributed by atoms with Crippen molar-refractivity contribution in [3.8, 4) is 0 Å². The van der Waals surface area contributed by atoms with Crippen LogP contribution in [-0.2, 0) is 11.2 Å². The number of carbonyl (C=O) groups excluding carboxylic acids is 1. The van der Waals surface area contributed by atoms with Crippen molar-refractivity contribution in [2.24, 2.45) is 0 Å². The van der Waals surface area contributed by atoms with Gasteiger partial charge in [0.2, 0.25) is 5.91 Å². The van der Waals surface area contributed by atoms with Crippen LogP contribution in [0.1, 0.15) is 44.1 Å². The topological polar surface area (TPSA) is 58.4 Å². The summed E-state index contributed by atoms with van der Waals surface area (Å²) in [5, 5.41) is 3.01. The molecule has 0 aromatic heterocycles. The second-order valence-electron chi connectivity index (χ2n) is 6.39. The Bertz CT molecular complexity index is 462. The number of halogens is 2. The zero-order valence-corrected chi connectivity index (χ0v) is 16.1. The molecule has 0 atom stereocenters. The molecule has 0 spiro atoms. The molecule has 3 N–H and O–H groups in total. The Hall–Kier alpha value is -0.970. The van der Waals surface area contributed by atoms with Gasteiger partial charge in [-0.3, -0.25) is 4.79 Å². The van der Waals surface area contributed by atoms with Crippen LogP contribution < -0.4 is 11.1 Å². The molecule has 6 heteroatoms. The van der Waals surface area contributed by atoms with E-state index < -0.39 is 0 Å². The number of benzene rings is 1. The zero-order valence-electron chi connectivity index (χ0n) is 14.5. The van der Waals surface area contributed by atoms with Crippen LogP contribution in [0.5, 0.6) is 0 Å². The highest BCUT2D eigenvalue weighted by Gasteiger charge is 2.17. The number of rotatable bonds is 7. The van der Waals surface area contributed by atoms with Gasteiger partial charge < -0.3 is 16.0 Å². The minimum absolute atomic E-state index is 0. The van der Waals surface area contributed by atoms with Crippen molar-refractivity contribution in [3.63, 3.8) is 0 Å². The summed E-state index contributed by atoms with van der Waals surface area (Å²) in [6, 6.07) is 8.24. The fourth-order valence-corrected chi connectivity index (χ4v) is 3.14. The van der Waals surface area contributed by atoms with Crippen LogP contribution in [0, 0.1) is 0 Å². The molecule has 0 heterocycles. The average Bonchev–Trinajstić information content (AvgIpc) is 2.54. The molecule has 1 aromatic carbocycles. The first-order chi connectivity index (χ1) is 10.6. The van der Waals surface area contributed by atoms with Gasteiger partial charge in [-0.25, -0.2) is 0 Å². The van der Waals surface area contributed by atoms with E-state index in [-0.39, 0.29) is 30.7 Å². The molecule has 24 heavy (non-hydrogen) atoms. The van der Waals surface area contributed by atoms with Gasteiger partial charge in [0.05, 0.1) is 6.42 Å². The number of nitrogen functional groups attached to an aromatic ring is 1. The standard InChI is InChI=1S/C18H29N3O.2ClH/c1-21(17-6-3-2-4-7-17)13-5-12-20-18(22)14-15-8-10-16(19)11-9-15;;/h8-11,17H,2-7,12-14,19H2,1H3,(H,20,22);2*1H. The lowest BCUT2D eigenvalue weighted by Crippen LogP contribution is -2.36. The first kappa shape index (κ1) is 23.0. The van der Waals surface area contributed by atoms with E-state index in [0.29, 0.717) is 6.42 Å². The van der Waals surface area contributed by atoms with Crippen molar-refractivity contribution in [2.75, 3.05) is 25.9 Å². The molecule has 0 unspecified atom stereocenters. The summed E-state index contributed by atoms with van der Waals surface area (Å²) < 4.78 is 0. The molecule has 1 aliphatic rings. The van der Waals surface area contributed by atoms with Crippen molar-refractivity contribution in [3.05, 3.63) is 29.8 Å². The van der Waals surface area contributed by atoms with Gasteiger partial charge in [0.1, 0.15) is 0 Å². The van der Waals surface area contributed by atoms with Crippen LogP contribution in [0.3, 0.4) is 0 Å². The van der Waals surface area contributed by atoms with E-state index >= 15 is 0 Å². The number of amides is 1. The highest BCUT2D eigenvalue weighted by atomic mass is 35.5. The Labute approximate surface area is 158 Å². The second-order valence-corrected chi connectivity index (χ2v) is 6.39. The number of nitrogens with zero attached hydrogens (tertiary/aromatic N) is 1. The van der Waals surface area contributed by atoms with E-state index in [9.17, 15) is 4.79 Å². The van der Waals surface area contributed by atoms with Gasteiger partial charge in [0.15, 0.2) is 0 Å². The Morgan fingerprint density at radius 1 is 1.17 bits per heavy atom. The van der Waals surface area contributed by atoms with Crippen LogP contribution in [0.15, 0.2) is 24.3 Å². The molecule has 1 aliphatic carbocycles. The Balaban J connectivity index is 0.00000264. The third-order valence-corrected chi connectivity index (χ3v) is 4.55. The highest BCUT2D eigenvalue weighted by Crippen LogP contribution is 2.21. The number of nitrogens with two attached hydrogens (primary N) is 1. The molecule has 1 fully saturated rings. The van der Waals surface area contributed by atoms with Gasteiger partial charge in [-0.05, 0) is 50.6 Å². The lowest BCUT2D eigenvalue weighted by atomic mass is 9.94. The zero-order chi connectivity index (χ0) is 15.8. The number of nitrogens with one attached hydrogen (secondary N) is 1. The molecule has 0 radical (unpaired) electrons. The number of hydrogen-bond donors (Lipinski definition) is 2. The maximum absolute atomic E-state index is 11.9. The van der Waals surface area contributed by atoms with Gasteiger partial charge in [-0.15, -0.1) is 24.8 Å². The van der Waals surface area contributed by atoms with E-state index in [0.717, 1.165) is 36.8 Å². The summed E-state index contributed by atoms with van der Waals surface area (Å²) in [7, 11) is 2.21. The quantitative estimate of drug-likeness (QED) is 0.566. The smallest absolute Gasteiger partial charge is 0.224 e. The largest absolute Gasteiger partial charge is 0.399 e. The predicted molar refractivity (Wildman–Crippen MR) is 106 cm³/mol. The normalized spacial score (nSPS) is 14.6. The SMILES string of the molecule is CN(CCCNC(=O)Cc1ccc(N)cc1)C1CCCCC1.Cl.Cl. The van der Waals surface area contributed by atoms with Gasteiger partial charge in [-0.1, -0.05) is 31.4 Å². The third kappa shape index (κ3) is 8.22. The average molecular weight is 376 g/mol. The molecule has 0 bridgehead atoms. The number of anilines is 1. The summed E-state index contributed by atoms with van der Waals surface area (Å²) in [6.07, 6.45) is 8.24. The number of carbonyl (C=O) groups is 1. The highest BCUT2D eigenvalue weighted by molar-refractivity contribution is 5.85. The lowest BCUT2D eigenvalue weighted by Gasteiger charge is -2.31. The van der Waals surface area contributed by atoms with Crippen LogP contribution in [0.4, 0.5) is 5.69 Å². The predicted octanol–water partition coefficient (Wildman–Crippen LogP) is 3.43. The van der Waals surface area contributed by atoms with Crippen molar-refractivity contribution in [1.82, 2.24) is 10.2 Å². The molecule has 1 aromatic rings. The van der Waals surface area contributed by atoms with E-state index in [2.05, 4.69) is 17.3 Å². The van der Waals surface area contributed by atoms with E-state index in [1.807, 2.05) is 24.3 Å². The molecule has 0 aliphatic heterocycles. The summed E-state index contributed by atoms with van der Waals surface area (Å²) >= 11 is 0. The second kappa shape index (κ2) is 12.4. The molecule has 2 rings (SSSR count). The van der Waals surface area contributed by atoms with Gasteiger partial charge in [-0.2, -0.15) is 0 Å². The van der Waals surface area contributed by atoms with Crippen LogP contribution >= 0.6 is 24.8 Å². The molecule has 138 valence electrons. The third-order valence-electron chi connectivity index (χ3n) is 4.55. The molecular formula is C18H31Cl2N3O. The van der Waals surface area contributed by atoms with E-state index in [1.165, 1.54) is 32.1 Å². The summed E-state index contributed by atoms with van der Waals surface area (Å²) in [4.78, 5) is 14.4. The molecular weight excluding hydrogens is 345 g/mol. The molecule has 0 saturated heterocycles.